The average Bonchev–Trinajstić information content (AvgIpc) is 2.79. The van der Waals surface area contributed by atoms with Crippen molar-refractivity contribution in [2.45, 2.75) is 25.8 Å². The first kappa shape index (κ1) is 14.8. The molecule has 0 atom stereocenters. The van der Waals surface area contributed by atoms with E-state index in [2.05, 4.69) is 43.0 Å². The number of aliphatic hydroxyl groups is 1. The summed E-state index contributed by atoms with van der Waals surface area (Å²) in [6.07, 6.45) is 0. The summed E-state index contributed by atoms with van der Waals surface area (Å²) in [5.41, 5.74) is 4.57. The molecule has 0 saturated carbocycles. The topological polar surface area (TPSA) is 40.5 Å². The van der Waals surface area contributed by atoms with Gasteiger partial charge in [-0.1, -0.05) is 56.3 Å². The van der Waals surface area contributed by atoms with Gasteiger partial charge in [0.25, 0.3) is 0 Å². The van der Waals surface area contributed by atoms with Crippen molar-refractivity contribution < 1.29 is 9.90 Å². The summed E-state index contributed by atoms with van der Waals surface area (Å²) in [5.74, 6) is -0.237. The number of anilines is 1. The number of fused-ring (bicyclic) bond motifs is 1. The number of rotatable bonds is 4. The Hall–Kier alpha value is -2.13. The van der Waals surface area contributed by atoms with Crippen LogP contribution in [0.25, 0.3) is 0 Å². The molecule has 0 radical (unpaired) electrons. The molecule has 0 fully saturated rings. The van der Waals surface area contributed by atoms with Crippen LogP contribution in [0.3, 0.4) is 0 Å². The van der Waals surface area contributed by atoms with Crippen LogP contribution in [0, 0.1) is 0 Å². The Morgan fingerprint density at radius 1 is 1.14 bits per heavy atom. The van der Waals surface area contributed by atoms with Gasteiger partial charge >= 0.3 is 0 Å². The third kappa shape index (κ3) is 2.64. The summed E-state index contributed by atoms with van der Waals surface area (Å²) in [6.45, 7) is 5.93. The van der Waals surface area contributed by atoms with Crippen LogP contribution >= 0.6 is 0 Å². The maximum atomic E-state index is 11.5. The van der Waals surface area contributed by atoms with E-state index in [1.54, 1.807) is 12.1 Å². The van der Waals surface area contributed by atoms with Crippen LogP contribution in [-0.4, -0.2) is 24.0 Å². The van der Waals surface area contributed by atoms with E-state index in [0.717, 1.165) is 13.1 Å². The first-order valence-electron chi connectivity index (χ1n) is 7.59. The number of para-hydroxylation sites is 1. The van der Waals surface area contributed by atoms with Gasteiger partial charge in [0.2, 0.25) is 0 Å². The van der Waals surface area contributed by atoms with Gasteiger partial charge in [-0.15, -0.1) is 0 Å². The van der Waals surface area contributed by atoms with Gasteiger partial charge in [0.1, 0.15) is 6.61 Å². The van der Waals surface area contributed by atoms with E-state index in [4.69, 9.17) is 5.11 Å². The summed E-state index contributed by atoms with van der Waals surface area (Å²) in [6, 6.07) is 16.1. The van der Waals surface area contributed by atoms with E-state index < -0.39 is 6.61 Å². The smallest absolute Gasteiger partial charge is 0.188 e. The lowest BCUT2D eigenvalue weighted by molar-refractivity contribution is 0.0903. The molecule has 1 N–H and O–H groups in total. The molecular weight excluding hydrogens is 274 g/mol. The van der Waals surface area contributed by atoms with E-state index in [0.29, 0.717) is 5.56 Å². The molecule has 0 spiro atoms. The standard InChI is InChI=1S/C19H21NO2/c1-19(2)13-20(17-6-4-3-5-16(17)19)11-14-7-9-15(10-8-14)18(22)12-21/h3-10,21H,11-13H2,1-2H3. The normalized spacial score (nSPS) is 15.7. The molecule has 0 saturated heterocycles. The minimum absolute atomic E-state index is 0.156. The van der Waals surface area contributed by atoms with Crippen LogP contribution in [0.4, 0.5) is 5.69 Å². The second kappa shape index (κ2) is 5.58. The largest absolute Gasteiger partial charge is 0.388 e. The minimum atomic E-state index is -0.437. The zero-order chi connectivity index (χ0) is 15.7. The maximum Gasteiger partial charge on any atom is 0.188 e. The average molecular weight is 295 g/mol. The van der Waals surface area contributed by atoms with Crippen LogP contribution < -0.4 is 4.90 Å². The van der Waals surface area contributed by atoms with Crippen LogP contribution in [0.5, 0.6) is 0 Å². The Morgan fingerprint density at radius 3 is 2.50 bits per heavy atom. The highest BCUT2D eigenvalue weighted by Crippen LogP contribution is 2.40. The number of ketones is 1. The molecule has 0 amide bonds. The molecule has 0 aromatic heterocycles. The molecule has 1 aliphatic heterocycles. The Morgan fingerprint density at radius 2 is 1.82 bits per heavy atom. The second-order valence-electron chi connectivity index (χ2n) is 6.54. The van der Waals surface area contributed by atoms with Crippen molar-refractivity contribution in [3.63, 3.8) is 0 Å². The van der Waals surface area contributed by atoms with Crippen molar-refractivity contribution in [1.29, 1.82) is 0 Å². The summed E-state index contributed by atoms with van der Waals surface area (Å²) >= 11 is 0. The maximum absolute atomic E-state index is 11.5. The van der Waals surface area contributed by atoms with Gasteiger partial charge in [-0.25, -0.2) is 0 Å². The third-order valence-corrected chi connectivity index (χ3v) is 4.35. The van der Waals surface area contributed by atoms with E-state index in [-0.39, 0.29) is 11.2 Å². The highest BCUT2D eigenvalue weighted by molar-refractivity contribution is 5.96. The van der Waals surface area contributed by atoms with Crippen LogP contribution in [0.2, 0.25) is 0 Å². The fourth-order valence-electron chi connectivity index (χ4n) is 3.22. The molecular formula is C19H21NO2. The molecule has 3 nitrogen and oxygen atoms in total. The van der Waals surface area contributed by atoms with Crippen molar-refractivity contribution in [2.24, 2.45) is 0 Å². The molecule has 0 unspecified atom stereocenters. The number of nitrogens with zero attached hydrogens (tertiary/aromatic N) is 1. The van der Waals surface area contributed by atoms with Gasteiger partial charge in [0.15, 0.2) is 5.78 Å². The molecule has 0 bridgehead atoms. The fourth-order valence-corrected chi connectivity index (χ4v) is 3.22. The summed E-state index contributed by atoms with van der Waals surface area (Å²) in [5, 5.41) is 8.90. The van der Waals surface area contributed by atoms with Gasteiger partial charge in [0, 0.05) is 29.8 Å². The minimum Gasteiger partial charge on any atom is -0.388 e. The highest BCUT2D eigenvalue weighted by Gasteiger charge is 2.34. The van der Waals surface area contributed by atoms with E-state index in [1.807, 2.05) is 12.1 Å². The van der Waals surface area contributed by atoms with Gasteiger partial charge in [-0.3, -0.25) is 4.79 Å². The van der Waals surface area contributed by atoms with E-state index in [1.165, 1.54) is 16.8 Å². The molecule has 3 rings (SSSR count). The number of benzene rings is 2. The molecule has 22 heavy (non-hydrogen) atoms. The molecule has 2 aromatic carbocycles. The molecule has 0 aliphatic carbocycles. The lowest BCUT2D eigenvalue weighted by Gasteiger charge is -2.22. The number of carbonyl (C=O) groups excluding carboxylic acids is 1. The Labute approximate surface area is 131 Å². The van der Waals surface area contributed by atoms with Gasteiger partial charge in [-0.2, -0.15) is 0 Å². The van der Waals surface area contributed by atoms with Crippen molar-refractivity contribution in [3.8, 4) is 0 Å². The monoisotopic (exact) mass is 295 g/mol. The van der Waals surface area contributed by atoms with E-state index >= 15 is 0 Å². The number of aliphatic hydroxyl groups excluding tert-OH is 1. The third-order valence-electron chi connectivity index (χ3n) is 4.35. The lowest BCUT2D eigenvalue weighted by Crippen LogP contribution is -2.28. The van der Waals surface area contributed by atoms with Gasteiger partial charge in [0.05, 0.1) is 0 Å². The van der Waals surface area contributed by atoms with Crippen LogP contribution in [-0.2, 0) is 12.0 Å². The van der Waals surface area contributed by atoms with Gasteiger partial charge in [-0.05, 0) is 17.2 Å². The number of Topliss-reactive ketones (excluding diaryl/α,β-unsaturated/α-hetero) is 1. The molecule has 114 valence electrons. The zero-order valence-electron chi connectivity index (χ0n) is 13.0. The van der Waals surface area contributed by atoms with E-state index in [9.17, 15) is 4.79 Å². The lowest BCUT2D eigenvalue weighted by atomic mass is 9.87. The van der Waals surface area contributed by atoms with Crippen LogP contribution in [0.1, 0.15) is 35.3 Å². The van der Waals surface area contributed by atoms with Crippen molar-refractivity contribution in [3.05, 3.63) is 65.2 Å². The number of carbonyl (C=O) groups is 1. The molecule has 3 heteroatoms. The van der Waals surface area contributed by atoms with Crippen molar-refractivity contribution >= 4 is 11.5 Å². The Bertz CT molecular complexity index is 689. The van der Waals surface area contributed by atoms with Crippen LogP contribution in [0.15, 0.2) is 48.5 Å². The molecule has 1 heterocycles. The molecule has 2 aromatic rings. The number of hydrogen-bond donors (Lipinski definition) is 1. The Balaban J connectivity index is 1.81. The molecule has 1 aliphatic rings. The first-order chi connectivity index (χ1) is 10.5. The predicted octanol–water partition coefficient (Wildman–Crippen LogP) is 3.16. The highest BCUT2D eigenvalue weighted by atomic mass is 16.3. The summed E-state index contributed by atoms with van der Waals surface area (Å²) in [7, 11) is 0. The Kier molecular flexibility index (Phi) is 3.75. The zero-order valence-corrected chi connectivity index (χ0v) is 13.0. The quantitative estimate of drug-likeness (QED) is 0.881. The van der Waals surface area contributed by atoms with Gasteiger partial charge < -0.3 is 10.0 Å². The SMILES string of the molecule is CC1(C)CN(Cc2ccc(C(=O)CO)cc2)c2ccccc21. The predicted molar refractivity (Wildman–Crippen MR) is 88.4 cm³/mol. The summed E-state index contributed by atoms with van der Waals surface area (Å²) in [4.78, 5) is 13.8. The number of hydrogen-bond acceptors (Lipinski definition) is 3. The van der Waals surface area contributed by atoms with Crippen molar-refractivity contribution in [2.75, 3.05) is 18.1 Å². The second-order valence-corrected chi connectivity index (χ2v) is 6.54. The summed E-state index contributed by atoms with van der Waals surface area (Å²) < 4.78 is 0. The van der Waals surface area contributed by atoms with Crippen molar-refractivity contribution in [1.82, 2.24) is 0 Å². The first-order valence-corrected chi connectivity index (χ1v) is 7.59. The fraction of sp³-hybridized carbons (Fsp3) is 0.316.